The molecule has 28 heavy (non-hydrogen) atoms. The maximum absolute atomic E-state index is 13.0. The van der Waals surface area contributed by atoms with Crippen molar-refractivity contribution in [3.63, 3.8) is 0 Å². The van der Waals surface area contributed by atoms with E-state index >= 15 is 0 Å². The van der Waals surface area contributed by atoms with Gasteiger partial charge in [0.1, 0.15) is 10.7 Å². The van der Waals surface area contributed by atoms with Crippen LogP contribution in [0.4, 0.5) is 0 Å². The number of aryl methyl sites for hydroxylation is 2. The zero-order valence-corrected chi connectivity index (χ0v) is 17.3. The van der Waals surface area contributed by atoms with Gasteiger partial charge in [-0.1, -0.05) is 0 Å². The normalized spacial score (nSPS) is 17.2. The number of rotatable bonds is 3. The van der Waals surface area contributed by atoms with Crippen molar-refractivity contribution in [3.05, 3.63) is 26.6 Å². The van der Waals surface area contributed by atoms with Crippen LogP contribution in [0.1, 0.15) is 27.5 Å². The smallest absolute Gasteiger partial charge is 0.264 e. The molecule has 1 fully saturated rings. The third kappa shape index (κ3) is 3.22. The number of hydrogen-bond donors (Lipinski definition) is 0. The predicted octanol–water partition coefficient (Wildman–Crippen LogP) is 0.559. The minimum atomic E-state index is -0.229. The van der Waals surface area contributed by atoms with Gasteiger partial charge in [0.05, 0.1) is 16.8 Å². The Balaban J connectivity index is 1.55. The molecule has 2 aliphatic heterocycles. The monoisotopic (exact) mass is 403 g/mol. The molecule has 4 heterocycles. The summed E-state index contributed by atoms with van der Waals surface area (Å²) in [7, 11) is 3.68. The Hall–Kier alpha value is -2.26. The number of likely N-dealkylation sites (N-methyl/N-ethyl adjacent to an activating group) is 2. The molecule has 0 spiro atoms. The summed E-state index contributed by atoms with van der Waals surface area (Å²) >= 11 is 1.26. The van der Waals surface area contributed by atoms with E-state index in [1.165, 1.54) is 16.2 Å². The fourth-order valence-corrected chi connectivity index (χ4v) is 5.07. The Bertz CT molecular complexity index is 1000. The van der Waals surface area contributed by atoms with E-state index in [2.05, 4.69) is 9.88 Å². The first-order valence-electron chi connectivity index (χ1n) is 9.61. The van der Waals surface area contributed by atoms with Crippen LogP contribution in [0, 0.1) is 6.92 Å². The Labute approximate surface area is 167 Å². The fourth-order valence-electron chi connectivity index (χ4n) is 3.88. The number of hydrogen-bond acceptors (Lipinski definition) is 6. The maximum atomic E-state index is 13.0. The lowest BCUT2D eigenvalue weighted by Gasteiger charge is -2.33. The molecule has 2 aromatic heterocycles. The average Bonchev–Trinajstić information content (AvgIpc) is 3.26. The average molecular weight is 404 g/mol. The molecule has 0 unspecified atom stereocenters. The second-order valence-electron chi connectivity index (χ2n) is 7.67. The van der Waals surface area contributed by atoms with Crippen molar-refractivity contribution in [2.45, 2.75) is 26.3 Å². The van der Waals surface area contributed by atoms with Crippen molar-refractivity contribution in [2.75, 3.05) is 46.8 Å². The van der Waals surface area contributed by atoms with Crippen LogP contribution in [0.25, 0.3) is 10.2 Å². The molecule has 0 bridgehead atoms. The van der Waals surface area contributed by atoms with Gasteiger partial charge >= 0.3 is 0 Å². The molecule has 0 saturated carbocycles. The van der Waals surface area contributed by atoms with E-state index in [-0.39, 0.29) is 23.9 Å². The van der Waals surface area contributed by atoms with Gasteiger partial charge < -0.3 is 14.7 Å². The standard InChI is InChI=1S/C19H25N5O3S/c1-12-15-17(20-13-5-4-6-24(13)18(15)26)28-16(12)19(27)22(3)11-14(25)23-9-7-21(2)8-10-23/h4-11H2,1-3H3. The summed E-state index contributed by atoms with van der Waals surface area (Å²) in [6.45, 7) is 5.59. The molecule has 0 aliphatic carbocycles. The Morgan fingerprint density at radius 3 is 2.61 bits per heavy atom. The van der Waals surface area contributed by atoms with Crippen LogP contribution >= 0.6 is 11.3 Å². The highest BCUT2D eigenvalue weighted by atomic mass is 32.1. The number of amides is 2. The molecule has 8 nitrogen and oxygen atoms in total. The van der Waals surface area contributed by atoms with Crippen LogP contribution < -0.4 is 5.56 Å². The van der Waals surface area contributed by atoms with Crippen molar-refractivity contribution in [1.29, 1.82) is 0 Å². The quantitative estimate of drug-likeness (QED) is 0.748. The molecule has 0 N–H and O–H groups in total. The van der Waals surface area contributed by atoms with Crippen molar-refractivity contribution in [1.82, 2.24) is 24.3 Å². The first-order chi connectivity index (χ1) is 13.4. The molecular weight excluding hydrogens is 378 g/mol. The highest BCUT2D eigenvalue weighted by Crippen LogP contribution is 2.29. The maximum Gasteiger partial charge on any atom is 0.264 e. The second kappa shape index (κ2) is 7.29. The topological polar surface area (TPSA) is 78.8 Å². The zero-order valence-electron chi connectivity index (χ0n) is 16.5. The summed E-state index contributed by atoms with van der Waals surface area (Å²) in [5.41, 5.74) is 0.616. The van der Waals surface area contributed by atoms with Gasteiger partial charge in [0.25, 0.3) is 11.5 Å². The van der Waals surface area contributed by atoms with Crippen molar-refractivity contribution < 1.29 is 9.59 Å². The van der Waals surface area contributed by atoms with Gasteiger partial charge in [0.2, 0.25) is 5.91 Å². The third-order valence-electron chi connectivity index (χ3n) is 5.68. The zero-order chi connectivity index (χ0) is 20.0. The summed E-state index contributed by atoms with van der Waals surface area (Å²) in [5.74, 6) is 0.531. The van der Waals surface area contributed by atoms with Crippen molar-refractivity contribution in [2.24, 2.45) is 0 Å². The van der Waals surface area contributed by atoms with E-state index in [4.69, 9.17) is 0 Å². The first-order valence-corrected chi connectivity index (χ1v) is 10.4. The molecule has 2 aromatic rings. The predicted molar refractivity (Wildman–Crippen MR) is 108 cm³/mol. The Morgan fingerprint density at radius 1 is 1.18 bits per heavy atom. The van der Waals surface area contributed by atoms with Gasteiger partial charge in [0, 0.05) is 46.2 Å². The van der Waals surface area contributed by atoms with E-state index < -0.39 is 0 Å². The lowest BCUT2D eigenvalue weighted by molar-refractivity contribution is -0.133. The van der Waals surface area contributed by atoms with Gasteiger partial charge in [-0.15, -0.1) is 11.3 Å². The molecule has 2 aliphatic rings. The molecular formula is C19H25N5O3S. The van der Waals surface area contributed by atoms with Crippen LogP contribution in [0.5, 0.6) is 0 Å². The van der Waals surface area contributed by atoms with E-state index in [1.54, 1.807) is 23.4 Å². The van der Waals surface area contributed by atoms with Crippen LogP contribution in [0.2, 0.25) is 0 Å². The number of fused-ring (bicyclic) bond motifs is 2. The summed E-state index contributed by atoms with van der Waals surface area (Å²) in [6, 6.07) is 0. The number of piperazine rings is 1. The summed E-state index contributed by atoms with van der Waals surface area (Å²) < 4.78 is 1.72. The largest absolute Gasteiger partial charge is 0.339 e. The van der Waals surface area contributed by atoms with Crippen LogP contribution in [-0.4, -0.2) is 82.9 Å². The third-order valence-corrected chi connectivity index (χ3v) is 6.85. The summed E-state index contributed by atoms with van der Waals surface area (Å²) in [4.78, 5) is 49.5. The fraction of sp³-hybridized carbons (Fsp3) is 0.579. The first kappa shape index (κ1) is 19.1. The van der Waals surface area contributed by atoms with Gasteiger partial charge in [-0.2, -0.15) is 0 Å². The van der Waals surface area contributed by atoms with Crippen molar-refractivity contribution >= 4 is 33.4 Å². The minimum absolute atomic E-state index is 0.0408. The highest BCUT2D eigenvalue weighted by Gasteiger charge is 2.27. The Kier molecular flexibility index (Phi) is 4.96. The summed E-state index contributed by atoms with van der Waals surface area (Å²) in [6.07, 6.45) is 1.73. The molecule has 9 heteroatoms. The van der Waals surface area contributed by atoms with Crippen molar-refractivity contribution in [3.8, 4) is 0 Å². The SMILES string of the molecule is Cc1c(C(=O)N(C)CC(=O)N2CCN(C)CC2)sc2nc3n(c(=O)c12)CCC3. The van der Waals surface area contributed by atoms with E-state index in [0.717, 1.165) is 31.8 Å². The van der Waals surface area contributed by atoms with E-state index in [9.17, 15) is 14.4 Å². The van der Waals surface area contributed by atoms with Crippen LogP contribution in [-0.2, 0) is 17.8 Å². The number of nitrogens with zero attached hydrogens (tertiary/aromatic N) is 5. The van der Waals surface area contributed by atoms with Crippen LogP contribution in [0.15, 0.2) is 4.79 Å². The number of carbonyl (C=O) groups excluding carboxylic acids is 2. The van der Waals surface area contributed by atoms with Crippen LogP contribution in [0.3, 0.4) is 0 Å². The minimum Gasteiger partial charge on any atom is -0.339 e. The molecule has 2 amide bonds. The van der Waals surface area contributed by atoms with E-state index in [1.807, 2.05) is 7.05 Å². The molecule has 0 atom stereocenters. The summed E-state index contributed by atoms with van der Waals surface area (Å²) in [5, 5.41) is 0.540. The molecule has 1 saturated heterocycles. The number of carbonyl (C=O) groups is 2. The Morgan fingerprint density at radius 2 is 1.89 bits per heavy atom. The number of aromatic nitrogens is 2. The van der Waals surface area contributed by atoms with Gasteiger partial charge in [-0.25, -0.2) is 4.98 Å². The van der Waals surface area contributed by atoms with E-state index in [0.29, 0.717) is 40.3 Å². The van der Waals surface area contributed by atoms with Gasteiger partial charge in [-0.3, -0.25) is 19.0 Å². The second-order valence-corrected chi connectivity index (χ2v) is 8.67. The lowest BCUT2D eigenvalue weighted by Crippen LogP contribution is -2.50. The van der Waals surface area contributed by atoms with Gasteiger partial charge in [-0.05, 0) is 26.0 Å². The molecule has 0 aromatic carbocycles. The highest BCUT2D eigenvalue weighted by molar-refractivity contribution is 7.20. The molecule has 150 valence electrons. The number of thiophene rings is 1. The lowest BCUT2D eigenvalue weighted by atomic mass is 10.2. The molecule has 0 radical (unpaired) electrons. The van der Waals surface area contributed by atoms with Gasteiger partial charge in [0.15, 0.2) is 0 Å². The molecule has 4 rings (SSSR count).